The number of carbonyl (C=O) groups is 1. The van der Waals surface area contributed by atoms with E-state index in [-0.39, 0.29) is 11.8 Å². The average Bonchev–Trinajstić information content (AvgIpc) is 3.16. The quantitative estimate of drug-likeness (QED) is 0.637. The monoisotopic (exact) mass is 396 g/mol. The van der Waals surface area contributed by atoms with Crippen molar-refractivity contribution in [2.24, 2.45) is 5.73 Å². The van der Waals surface area contributed by atoms with Crippen molar-refractivity contribution in [1.29, 1.82) is 0 Å². The van der Waals surface area contributed by atoms with Crippen LogP contribution in [0.3, 0.4) is 0 Å². The molecule has 0 unspecified atom stereocenters. The van der Waals surface area contributed by atoms with Gasteiger partial charge in [-0.25, -0.2) is 9.97 Å². The maximum atomic E-state index is 11.1. The van der Waals surface area contributed by atoms with Crippen LogP contribution in [0.15, 0.2) is 17.1 Å². The molecule has 0 bridgehead atoms. The molecule has 26 heavy (non-hydrogen) atoms. The Bertz CT molecular complexity index is 943. The minimum Gasteiger partial charge on any atom is -0.364 e. The summed E-state index contributed by atoms with van der Waals surface area (Å²) in [4.78, 5) is 33.7. The highest BCUT2D eigenvalue weighted by Gasteiger charge is 2.17. The van der Waals surface area contributed by atoms with Crippen LogP contribution in [0, 0.1) is 13.8 Å². The molecular formula is C16H20N4O4S2. The van der Waals surface area contributed by atoms with Gasteiger partial charge in [-0.15, -0.1) is 22.7 Å². The molecule has 0 aliphatic heterocycles. The summed E-state index contributed by atoms with van der Waals surface area (Å²) >= 11 is 2.96. The Hall–Kier alpha value is -2.14. The molecule has 0 spiro atoms. The van der Waals surface area contributed by atoms with Crippen molar-refractivity contribution in [3.05, 3.63) is 43.2 Å². The number of aromatic nitrogens is 3. The summed E-state index contributed by atoms with van der Waals surface area (Å²) in [6, 6.07) is 1.86. The minimum absolute atomic E-state index is 0.105. The van der Waals surface area contributed by atoms with Gasteiger partial charge in [0.05, 0.1) is 14.7 Å². The van der Waals surface area contributed by atoms with Gasteiger partial charge in [0.2, 0.25) is 0 Å². The van der Waals surface area contributed by atoms with Crippen LogP contribution < -0.4 is 11.3 Å². The lowest BCUT2D eigenvalue weighted by Gasteiger charge is -2.11. The van der Waals surface area contributed by atoms with E-state index in [0.717, 1.165) is 19.6 Å². The van der Waals surface area contributed by atoms with Crippen LogP contribution in [0.25, 0.3) is 10.2 Å². The predicted octanol–water partition coefficient (Wildman–Crippen LogP) is 2.00. The third-order valence-electron chi connectivity index (χ3n) is 3.34. The molecule has 3 rings (SSSR count). The van der Waals surface area contributed by atoms with Crippen molar-refractivity contribution in [3.63, 3.8) is 0 Å². The normalized spacial score (nSPS) is 10.8. The van der Waals surface area contributed by atoms with E-state index in [1.165, 1.54) is 22.7 Å². The molecule has 0 atom stereocenters. The first-order valence-electron chi connectivity index (χ1n) is 7.62. The van der Waals surface area contributed by atoms with Crippen LogP contribution in [-0.4, -0.2) is 41.4 Å². The lowest BCUT2D eigenvalue weighted by molar-refractivity contribution is -0.0998. The summed E-state index contributed by atoms with van der Waals surface area (Å²) in [5.74, 6) is -0.514. The van der Waals surface area contributed by atoms with Gasteiger partial charge >= 0.3 is 0 Å². The van der Waals surface area contributed by atoms with Crippen molar-refractivity contribution >= 4 is 38.8 Å². The summed E-state index contributed by atoms with van der Waals surface area (Å²) in [6.07, 6.45) is 1.75. The van der Waals surface area contributed by atoms with Crippen LogP contribution in [-0.2, 0) is 15.9 Å². The van der Waals surface area contributed by atoms with Gasteiger partial charge in [0, 0.05) is 31.7 Å². The molecular weight excluding hydrogens is 376 g/mol. The molecule has 0 aliphatic carbocycles. The number of nitrogens with zero attached hydrogens (tertiary/aromatic N) is 2. The van der Waals surface area contributed by atoms with Gasteiger partial charge in [0.1, 0.15) is 11.2 Å². The number of ether oxygens (including phenoxy) is 2. The highest BCUT2D eigenvalue weighted by molar-refractivity contribution is 7.18. The molecule has 0 aliphatic rings. The number of aromatic amines is 1. The van der Waals surface area contributed by atoms with Gasteiger partial charge in [-0.3, -0.25) is 9.59 Å². The molecule has 10 heteroatoms. The van der Waals surface area contributed by atoms with Crippen molar-refractivity contribution in [2.75, 3.05) is 14.2 Å². The SMILES string of the molecule is COC(Cc1sc(C)nc1C(N)=O)OC.Cc1nc2c(=O)[nH]ccc2s1. The lowest BCUT2D eigenvalue weighted by atomic mass is 10.2. The van der Waals surface area contributed by atoms with Crippen molar-refractivity contribution in [1.82, 2.24) is 15.0 Å². The van der Waals surface area contributed by atoms with E-state index in [9.17, 15) is 9.59 Å². The maximum Gasteiger partial charge on any atom is 0.275 e. The summed E-state index contributed by atoms with van der Waals surface area (Å²) in [7, 11) is 3.10. The Kier molecular flexibility index (Phi) is 6.98. The second-order valence-corrected chi connectivity index (χ2v) is 7.75. The average molecular weight is 396 g/mol. The van der Waals surface area contributed by atoms with Gasteiger partial charge < -0.3 is 20.2 Å². The summed E-state index contributed by atoms with van der Waals surface area (Å²) in [5, 5.41) is 1.74. The molecule has 1 amide bonds. The zero-order valence-corrected chi connectivity index (χ0v) is 16.5. The number of amides is 1. The molecule has 0 saturated heterocycles. The number of H-pyrrole nitrogens is 1. The number of hydrogen-bond acceptors (Lipinski definition) is 8. The van der Waals surface area contributed by atoms with Gasteiger partial charge in [-0.1, -0.05) is 0 Å². The van der Waals surface area contributed by atoms with Crippen LogP contribution >= 0.6 is 22.7 Å². The fourth-order valence-corrected chi connectivity index (χ4v) is 3.98. The van der Waals surface area contributed by atoms with Crippen LogP contribution in [0.1, 0.15) is 25.4 Å². The molecule has 0 saturated carbocycles. The molecule has 3 heterocycles. The van der Waals surface area contributed by atoms with Crippen molar-refractivity contribution in [3.8, 4) is 0 Å². The number of rotatable bonds is 5. The number of hydrogen-bond donors (Lipinski definition) is 2. The van der Waals surface area contributed by atoms with Crippen LogP contribution in [0.4, 0.5) is 0 Å². The Morgan fingerprint density at radius 2 is 1.88 bits per heavy atom. The van der Waals surface area contributed by atoms with E-state index < -0.39 is 5.91 Å². The lowest BCUT2D eigenvalue weighted by Crippen LogP contribution is -2.19. The van der Waals surface area contributed by atoms with Crippen LogP contribution in [0.2, 0.25) is 0 Å². The highest BCUT2D eigenvalue weighted by atomic mass is 32.1. The van der Waals surface area contributed by atoms with E-state index in [1.807, 2.05) is 19.9 Å². The van der Waals surface area contributed by atoms with Crippen molar-refractivity contribution in [2.45, 2.75) is 26.6 Å². The molecule has 0 fully saturated rings. The molecule has 140 valence electrons. The number of carbonyl (C=O) groups excluding carboxylic acids is 1. The topological polar surface area (TPSA) is 120 Å². The fourth-order valence-electron chi connectivity index (χ4n) is 2.19. The Morgan fingerprint density at radius 1 is 1.23 bits per heavy atom. The third-order valence-corrected chi connectivity index (χ3v) is 5.27. The maximum absolute atomic E-state index is 11.1. The van der Waals surface area contributed by atoms with E-state index in [1.54, 1.807) is 20.4 Å². The Labute approximate surface area is 158 Å². The minimum atomic E-state index is -0.514. The number of pyridine rings is 1. The van der Waals surface area contributed by atoms with Gasteiger partial charge in [0.25, 0.3) is 11.5 Å². The number of methoxy groups -OCH3 is 2. The van der Waals surface area contributed by atoms with Gasteiger partial charge in [-0.05, 0) is 19.9 Å². The second kappa shape index (κ2) is 8.99. The van der Waals surface area contributed by atoms with E-state index >= 15 is 0 Å². The summed E-state index contributed by atoms with van der Waals surface area (Å²) < 4.78 is 11.1. The fraction of sp³-hybridized carbons (Fsp3) is 0.375. The van der Waals surface area contributed by atoms with Gasteiger partial charge in [-0.2, -0.15) is 0 Å². The second-order valence-electron chi connectivity index (χ2n) is 5.23. The smallest absolute Gasteiger partial charge is 0.275 e. The number of nitrogens with two attached hydrogens (primary N) is 1. The first-order chi connectivity index (χ1) is 12.3. The number of nitrogens with one attached hydrogen (secondary N) is 1. The first-order valence-corrected chi connectivity index (χ1v) is 9.25. The largest absolute Gasteiger partial charge is 0.364 e. The number of fused-ring (bicyclic) bond motifs is 1. The zero-order valence-electron chi connectivity index (χ0n) is 14.9. The Morgan fingerprint density at radius 3 is 2.46 bits per heavy atom. The summed E-state index contributed by atoms with van der Waals surface area (Å²) in [6.45, 7) is 3.72. The van der Waals surface area contributed by atoms with E-state index in [0.29, 0.717) is 17.6 Å². The molecule has 3 aromatic heterocycles. The van der Waals surface area contributed by atoms with E-state index in [4.69, 9.17) is 15.2 Å². The molecule has 3 aromatic rings. The summed E-state index contributed by atoms with van der Waals surface area (Å²) in [5.41, 5.74) is 5.97. The van der Waals surface area contributed by atoms with E-state index in [2.05, 4.69) is 15.0 Å². The number of thiazole rings is 2. The standard InChI is InChI=1S/C9H14N2O3S.C7H6N2OS/c1-5-11-8(9(10)12)6(15-5)4-7(13-2)14-3;1-4-9-6-5(11-4)2-3-8-7(6)10/h7H,4H2,1-3H3,(H2,10,12);2-3H,1H3,(H,8,10). The molecule has 3 N–H and O–H groups in total. The molecule has 0 radical (unpaired) electrons. The highest BCUT2D eigenvalue weighted by Crippen LogP contribution is 2.20. The molecule has 8 nitrogen and oxygen atoms in total. The van der Waals surface area contributed by atoms with Gasteiger partial charge in [0.15, 0.2) is 6.29 Å². The van der Waals surface area contributed by atoms with Crippen molar-refractivity contribution < 1.29 is 14.3 Å². The zero-order chi connectivity index (χ0) is 19.3. The number of aryl methyl sites for hydroxylation is 2. The molecule has 0 aromatic carbocycles. The predicted molar refractivity (Wildman–Crippen MR) is 102 cm³/mol. The third kappa shape index (κ3) is 4.94. The Balaban J connectivity index is 0.000000195. The first kappa shape index (κ1) is 20.2. The number of primary amides is 1. The van der Waals surface area contributed by atoms with Crippen LogP contribution in [0.5, 0.6) is 0 Å².